The van der Waals surface area contributed by atoms with Crippen LogP contribution < -0.4 is 0 Å². The lowest BCUT2D eigenvalue weighted by molar-refractivity contribution is 0.0544. The Kier molecular flexibility index (Phi) is 3.88. The van der Waals surface area contributed by atoms with Gasteiger partial charge in [0.1, 0.15) is 0 Å². The molecular formula is C13H17NO. The monoisotopic (exact) mass is 203 g/mol. The van der Waals surface area contributed by atoms with Gasteiger partial charge in [-0.25, -0.2) is 0 Å². The number of rotatable bonds is 4. The highest BCUT2D eigenvalue weighted by Gasteiger charge is 2.27. The molecule has 0 spiro atoms. The molecule has 1 N–H and O–H groups in total. The third-order valence-corrected chi connectivity index (χ3v) is 2.69. The summed E-state index contributed by atoms with van der Waals surface area (Å²) in [5.41, 5.74) is 0.941. The van der Waals surface area contributed by atoms with Gasteiger partial charge in [-0.1, -0.05) is 44.2 Å². The van der Waals surface area contributed by atoms with Crippen LogP contribution in [-0.4, -0.2) is 11.2 Å². The number of benzene rings is 1. The predicted octanol–water partition coefficient (Wildman–Crippen LogP) is 2.53. The van der Waals surface area contributed by atoms with Gasteiger partial charge in [0.2, 0.25) is 0 Å². The molecule has 1 unspecified atom stereocenters. The number of nitrogens with zero attached hydrogens (tertiary/aromatic N) is 1. The first kappa shape index (κ1) is 11.7. The topological polar surface area (TPSA) is 44.0 Å². The van der Waals surface area contributed by atoms with Crippen molar-refractivity contribution >= 4 is 0 Å². The zero-order valence-electron chi connectivity index (χ0n) is 9.27. The first-order chi connectivity index (χ1) is 7.06. The van der Waals surface area contributed by atoms with Crippen LogP contribution in [-0.2, 0) is 6.42 Å². The molecular weight excluding hydrogens is 186 g/mol. The van der Waals surface area contributed by atoms with Crippen LogP contribution in [0.3, 0.4) is 0 Å². The molecule has 2 heteroatoms. The summed E-state index contributed by atoms with van der Waals surface area (Å²) in [7, 11) is 0. The molecule has 0 aromatic heterocycles. The first-order valence-electron chi connectivity index (χ1n) is 5.15. The van der Waals surface area contributed by atoms with E-state index in [1.54, 1.807) is 0 Å². The van der Waals surface area contributed by atoms with E-state index in [1.165, 1.54) is 5.56 Å². The largest absolute Gasteiger partial charge is 0.391 e. The van der Waals surface area contributed by atoms with Crippen molar-refractivity contribution in [3.05, 3.63) is 35.9 Å². The Hall–Kier alpha value is -1.33. The van der Waals surface area contributed by atoms with Crippen molar-refractivity contribution in [1.29, 1.82) is 5.26 Å². The summed E-state index contributed by atoms with van der Waals surface area (Å²) in [5.74, 6) is 0. The van der Waals surface area contributed by atoms with Gasteiger partial charge in [-0.3, -0.25) is 0 Å². The van der Waals surface area contributed by atoms with Crippen molar-refractivity contribution in [3.8, 4) is 6.07 Å². The quantitative estimate of drug-likeness (QED) is 0.817. The molecule has 1 aromatic carbocycles. The van der Waals surface area contributed by atoms with E-state index in [0.717, 1.165) is 6.42 Å². The van der Waals surface area contributed by atoms with Crippen LogP contribution in [0.1, 0.15) is 25.8 Å². The van der Waals surface area contributed by atoms with Crippen molar-refractivity contribution < 1.29 is 5.11 Å². The lowest BCUT2D eigenvalue weighted by Crippen LogP contribution is -2.31. The molecule has 0 saturated carbocycles. The minimum absolute atomic E-state index is 0.194. The molecule has 2 nitrogen and oxygen atoms in total. The van der Waals surface area contributed by atoms with Gasteiger partial charge in [0.25, 0.3) is 0 Å². The van der Waals surface area contributed by atoms with Crippen LogP contribution >= 0.6 is 0 Å². The average molecular weight is 203 g/mol. The zero-order valence-corrected chi connectivity index (χ0v) is 9.27. The Morgan fingerprint density at radius 1 is 1.33 bits per heavy atom. The Morgan fingerprint density at radius 2 is 1.93 bits per heavy atom. The summed E-state index contributed by atoms with van der Waals surface area (Å²) in [6.45, 7) is 3.98. The molecule has 1 rings (SSSR count). The van der Waals surface area contributed by atoms with E-state index in [4.69, 9.17) is 5.26 Å². The van der Waals surface area contributed by atoms with Crippen LogP contribution in [0.4, 0.5) is 0 Å². The molecule has 0 bridgehead atoms. The summed E-state index contributed by atoms with van der Waals surface area (Å²) in [5, 5.41) is 18.4. The Labute approximate surface area is 91.2 Å². The number of aliphatic hydroxyl groups is 1. The fourth-order valence-corrected chi connectivity index (χ4v) is 1.60. The van der Waals surface area contributed by atoms with Crippen molar-refractivity contribution in [1.82, 2.24) is 0 Å². The van der Waals surface area contributed by atoms with Gasteiger partial charge in [0.05, 0.1) is 18.6 Å². The highest BCUT2D eigenvalue weighted by Crippen LogP contribution is 2.27. The van der Waals surface area contributed by atoms with Crippen LogP contribution in [0.15, 0.2) is 30.3 Å². The molecule has 0 aliphatic rings. The van der Waals surface area contributed by atoms with E-state index in [9.17, 15) is 5.11 Å². The number of nitriles is 1. The Bertz CT molecular complexity index is 337. The van der Waals surface area contributed by atoms with E-state index in [1.807, 2.05) is 50.2 Å². The SMILES string of the molecule is CC(C)(Cc1ccccc1)C(O)CC#N. The number of hydrogen-bond donors (Lipinski definition) is 1. The number of hydrogen-bond acceptors (Lipinski definition) is 2. The fraction of sp³-hybridized carbons (Fsp3) is 0.462. The lowest BCUT2D eigenvalue weighted by Gasteiger charge is -2.29. The molecule has 1 aromatic rings. The molecule has 80 valence electrons. The van der Waals surface area contributed by atoms with Crippen LogP contribution in [0.25, 0.3) is 0 Å². The van der Waals surface area contributed by atoms with Crippen LogP contribution in [0, 0.1) is 16.7 Å². The van der Waals surface area contributed by atoms with Gasteiger partial charge >= 0.3 is 0 Å². The molecule has 0 radical (unpaired) electrons. The van der Waals surface area contributed by atoms with Crippen LogP contribution in [0.2, 0.25) is 0 Å². The lowest BCUT2D eigenvalue weighted by atomic mass is 9.79. The first-order valence-corrected chi connectivity index (χ1v) is 5.15. The standard InChI is InChI=1S/C13H17NO/c1-13(2,12(15)8-9-14)10-11-6-4-3-5-7-11/h3-7,12,15H,8,10H2,1-2H3. The maximum atomic E-state index is 9.82. The summed E-state index contributed by atoms with van der Waals surface area (Å²) < 4.78 is 0. The van der Waals surface area contributed by atoms with Crippen LogP contribution in [0.5, 0.6) is 0 Å². The molecule has 0 fully saturated rings. The van der Waals surface area contributed by atoms with Gasteiger partial charge in [-0.15, -0.1) is 0 Å². The minimum Gasteiger partial charge on any atom is -0.391 e. The zero-order chi connectivity index (χ0) is 11.3. The molecule has 0 saturated heterocycles. The van der Waals surface area contributed by atoms with Gasteiger partial charge in [-0.05, 0) is 17.4 Å². The van der Waals surface area contributed by atoms with Gasteiger partial charge in [-0.2, -0.15) is 5.26 Å². The summed E-state index contributed by atoms with van der Waals surface area (Å²) in [6, 6.07) is 12.0. The third-order valence-electron chi connectivity index (χ3n) is 2.69. The molecule has 1 atom stereocenters. The summed E-state index contributed by atoms with van der Waals surface area (Å²) >= 11 is 0. The van der Waals surface area contributed by atoms with Crippen molar-refractivity contribution in [2.75, 3.05) is 0 Å². The Morgan fingerprint density at radius 3 is 2.47 bits per heavy atom. The van der Waals surface area contributed by atoms with E-state index >= 15 is 0 Å². The second kappa shape index (κ2) is 4.95. The highest BCUT2D eigenvalue weighted by atomic mass is 16.3. The normalized spacial score (nSPS) is 13.2. The van der Waals surface area contributed by atoms with E-state index in [0.29, 0.717) is 0 Å². The van der Waals surface area contributed by atoms with Crippen molar-refractivity contribution in [2.24, 2.45) is 5.41 Å². The second-order valence-corrected chi connectivity index (χ2v) is 4.53. The summed E-state index contributed by atoms with van der Waals surface area (Å²) in [4.78, 5) is 0. The maximum Gasteiger partial charge on any atom is 0.0724 e. The molecule has 0 heterocycles. The van der Waals surface area contributed by atoms with Crippen molar-refractivity contribution in [3.63, 3.8) is 0 Å². The average Bonchev–Trinajstić information content (AvgIpc) is 2.19. The maximum absolute atomic E-state index is 9.82. The highest BCUT2D eigenvalue weighted by molar-refractivity contribution is 5.16. The third kappa shape index (κ3) is 3.38. The molecule has 15 heavy (non-hydrogen) atoms. The predicted molar refractivity (Wildman–Crippen MR) is 60.2 cm³/mol. The smallest absolute Gasteiger partial charge is 0.0724 e. The molecule has 0 amide bonds. The van der Waals surface area contributed by atoms with Gasteiger partial charge in [0, 0.05) is 0 Å². The second-order valence-electron chi connectivity index (χ2n) is 4.53. The fourth-order valence-electron chi connectivity index (χ4n) is 1.60. The molecule has 0 aliphatic heterocycles. The van der Waals surface area contributed by atoms with Gasteiger partial charge < -0.3 is 5.11 Å². The number of aliphatic hydroxyl groups excluding tert-OH is 1. The van der Waals surface area contributed by atoms with Crippen molar-refractivity contribution in [2.45, 2.75) is 32.8 Å². The van der Waals surface area contributed by atoms with E-state index < -0.39 is 6.10 Å². The van der Waals surface area contributed by atoms with E-state index in [-0.39, 0.29) is 11.8 Å². The molecule has 0 aliphatic carbocycles. The Balaban J connectivity index is 2.68. The van der Waals surface area contributed by atoms with E-state index in [2.05, 4.69) is 0 Å². The summed E-state index contributed by atoms with van der Waals surface area (Å²) in [6.07, 6.45) is 0.416. The minimum atomic E-state index is -0.567. The van der Waals surface area contributed by atoms with Gasteiger partial charge in [0.15, 0.2) is 0 Å².